The molecule has 0 bridgehead atoms. The molecule has 16 heavy (non-hydrogen) atoms. The van der Waals surface area contributed by atoms with Gasteiger partial charge in [-0.25, -0.2) is 4.98 Å². The maximum absolute atomic E-state index is 8.93. The molecule has 0 fully saturated rings. The first-order chi connectivity index (χ1) is 7.85. The van der Waals surface area contributed by atoms with Gasteiger partial charge in [0.2, 0.25) is 5.82 Å². The summed E-state index contributed by atoms with van der Waals surface area (Å²) >= 11 is 0. The lowest BCUT2D eigenvalue weighted by Crippen LogP contribution is -2.03. The van der Waals surface area contributed by atoms with Crippen LogP contribution < -0.4 is 0 Å². The Morgan fingerprint density at radius 3 is 2.75 bits per heavy atom. The second kappa shape index (κ2) is 4.29. The van der Waals surface area contributed by atoms with Crippen LogP contribution in [0.4, 0.5) is 0 Å². The van der Waals surface area contributed by atoms with E-state index < -0.39 is 0 Å². The van der Waals surface area contributed by atoms with Crippen LogP contribution in [0.25, 0.3) is 0 Å². The zero-order valence-electron chi connectivity index (χ0n) is 8.46. The minimum Gasteiger partial charge on any atom is -0.318 e. The van der Waals surface area contributed by atoms with Crippen molar-refractivity contribution in [3.63, 3.8) is 0 Å². The number of rotatable bonds is 2. The normalized spacial score (nSPS) is 9.38. The maximum atomic E-state index is 8.93. The Balaban J connectivity index is 2.36. The van der Waals surface area contributed by atoms with Crippen molar-refractivity contribution < 1.29 is 0 Å². The minimum atomic E-state index is 0.354. The highest BCUT2D eigenvalue weighted by Crippen LogP contribution is 2.10. The van der Waals surface area contributed by atoms with Crippen molar-refractivity contribution in [2.24, 2.45) is 0 Å². The minimum absolute atomic E-state index is 0.354. The zero-order chi connectivity index (χ0) is 11.4. The van der Waals surface area contributed by atoms with Crippen LogP contribution in [0.2, 0.25) is 0 Å². The number of benzene rings is 1. The second-order valence-electron chi connectivity index (χ2n) is 3.26. The van der Waals surface area contributed by atoms with E-state index in [1.165, 1.54) is 0 Å². The third-order valence-electron chi connectivity index (χ3n) is 2.29. The van der Waals surface area contributed by atoms with Gasteiger partial charge in [-0.05, 0) is 11.6 Å². The molecule has 0 spiro atoms. The quantitative estimate of drug-likeness (QED) is 0.754. The van der Waals surface area contributed by atoms with E-state index in [0.717, 1.165) is 5.56 Å². The molecule has 0 N–H and O–H groups in total. The van der Waals surface area contributed by atoms with E-state index in [9.17, 15) is 0 Å². The maximum Gasteiger partial charge on any atom is 0.213 e. The molecule has 2 rings (SSSR count). The van der Waals surface area contributed by atoms with Crippen molar-refractivity contribution in [2.75, 3.05) is 0 Å². The Kier molecular flexibility index (Phi) is 2.67. The highest BCUT2D eigenvalue weighted by Gasteiger charge is 2.05. The summed E-state index contributed by atoms with van der Waals surface area (Å²) < 4.78 is 1.72. The summed E-state index contributed by atoms with van der Waals surface area (Å²) in [5.74, 6) is 0.354. The van der Waals surface area contributed by atoms with E-state index in [4.69, 9.17) is 10.5 Å². The first kappa shape index (κ1) is 9.95. The average Bonchev–Trinajstić information content (AvgIpc) is 2.77. The fourth-order valence-electron chi connectivity index (χ4n) is 1.50. The van der Waals surface area contributed by atoms with Gasteiger partial charge >= 0.3 is 0 Å². The van der Waals surface area contributed by atoms with Crippen LogP contribution in [0.5, 0.6) is 0 Å². The van der Waals surface area contributed by atoms with Crippen molar-refractivity contribution >= 4 is 0 Å². The predicted molar refractivity (Wildman–Crippen MR) is 57.2 cm³/mol. The van der Waals surface area contributed by atoms with Gasteiger partial charge in [-0.1, -0.05) is 18.2 Å². The smallest absolute Gasteiger partial charge is 0.213 e. The van der Waals surface area contributed by atoms with Crippen LogP contribution >= 0.6 is 0 Å². The summed E-state index contributed by atoms with van der Waals surface area (Å²) in [6.45, 7) is 0.493. The van der Waals surface area contributed by atoms with Gasteiger partial charge in [0, 0.05) is 12.4 Å². The molecule has 4 nitrogen and oxygen atoms in total. The number of aromatic nitrogens is 2. The largest absolute Gasteiger partial charge is 0.318 e. The van der Waals surface area contributed by atoms with E-state index >= 15 is 0 Å². The SMILES string of the molecule is N#Cc1ccccc1Cn1ccnc1C#N. The van der Waals surface area contributed by atoms with Crippen molar-refractivity contribution in [1.29, 1.82) is 10.5 Å². The molecule has 0 aliphatic heterocycles. The predicted octanol–water partition coefficient (Wildman–Crippen LogP) is 1.67. The molecule has 76 valence electrons. The molecule has 0 unspecified atom stereocenters. The van der Waals surface area contributed by atoms with Crippen molar-refractivity contribution in [1.82, 2.24) is 9.55 Å². The number of imidazole rings is 1. The second-order valence-corrected chi connectivity index (χ2v) is 3.26. The van der Waals surface area contributed by atoms with Crippen molar-refractivity contribution in [3.05, 3.63) is 53.6 Å². The van der Waals surface area contributed by atoms with Gasteiger partial charge in [0.1, 0.15) is 6.07 Å². The lowest BCUT2D eigenvalue weighted by molar-refractivity contribution is 0.780. The molecule has 2 aromatic rings. The van der Waals surface area contributed by atoms with Crippen molar-refractivity contribution in [3.8, 4) is 12.1 Å². The third-order valence-corrected chi connectivity index (χ3v) is 2.29. The zero-order valence-corrected chi connectivity index (χ0v) is 8.46. The van der Waals surface area contributed by atoms with Crippen LogP contribution in [0.15, 0.2) is 36.7 Å². The Morgan fingerprint density at radius 2 is 2.00 bits per heavy atom. The van der Waals surface area contributed by atoms with Crippen LogP contribution in [-0.2, 0) is 6.54 Å². The molecular weight excluding hydrogens is 200 g/mol. The Bertz CT molecular complexity index is 584. The molecule has 0 saturated carbocycles. The molecule has 0 atom stereocenters. The lowest BCUT2D eigenvalue weighted by atomic mass is 10.1. The molecule has 1 aromatic heterocycles. The van der Waals surface area contributed by atoms with Crippen LogP contribution in [0.1, 0.15) is 17.0 Å². The molecule has 0 amide bonds. The van der Waals surface area contributed by atoms with Gasteiger partial charge in [0.05, 0.1) is 18.2 Å². The van der Waals surface area contributed by atoms with Gasteiger partial charge in [-0.15, -0.1) is 0 Å². The summed E-state index contributed by atoms with van der Waals surface area (Å²) in [4.78, 5) is 3.91. The molecule has 1 aromatic carbocycles. The fourth-order valence-corrected chi connectivity index (χ4v) is 1.50. The van der Waals surface area contributed by atoms with E-state index in [2.05, 4.69) is 11.1 Å². The van der Waals surface area contributed by atoms with E-state index in [1.54, 1.807) is 23.0 Å². The third kappa shape index (κ3) is 1.77. The average molecular weight is 208 g/mol. The summed E-state index contributed by atoms with van der Waals surface area (Å²) in [7, 11) is 0. The highest BCUT2D eigenvalue weighted by molar-refractivity contribution is 5.37. The molecule has 0 radical (unpaired) electrons. The molecule has 0 aliphatic carbocycles. The van der Waals surface area contributed by atoms with Gasteiger partial charge in [-0.2, -0.15) is 10.5 Å². The molecular formula is C12H8N4. The van der Waals surface area contributed by atoms with Crippen LogP contribution in [-0.4, -0.2) is 9.55 Å². The van der Waals surface area contributed by atoms with Crippen LogP contribution in [0.3, 0.4) is 0 Å². The van der Waals surface area contributed by atoms with E-state index in [1.807, 2.05) is 24.3 Å². The topological polar surface area (TPSA) is 65.4 Å². The molecule has 4 heteroatoms. The Morgan fingerprint density at radius 1 is 1.19 bits per heavy atom. The van der Waals surface area contributed by atoms with Gasteiger partial charge < -0.3 is 4.57 Å². The summed E-state index contributed by atoms with van der Waals surface area (Å²) in [5.41, 5.74) is 1.51. The van der Waals surface area contributed by atoms with Crippen molar-refractivity contribution in [2.45, 2.75) is 6.54 Å². The lowest BCUT2D eigenvalue weighted by Gasteiger charge is -2.05. The Hall–Kier alpha value is -2.59. The first-order valence-electron chi connectivity index (χ1n) is 4.74. The van der Waals surface area contributed by atoms with Gasteiger partial charge in [-0.3, -0.25) is 0 Å². The summed E-state index contributed by atoms with van der Waals surface area (Å²) in [6, 6.07) is 11.5. The number of nitriles is 2. The fraction of sp³-hybridized carbons (Fsp3) is 0.0833. The monoisotopic (exact) mass is 208 g/mol. The molecule has 0 aliphatic rings. The first-order valence-corrected chi connectivity index (χ1v) is 4.74. The van der Waals surface area contributed by atoms with E-state index in [0.29, 0.717) is 17.9 Å². The number of hydrogen-bond donors (Lipinski definition) is 0. The summed E-state index contributed by atoms with van der Waals surface area (Å²) in [5, 5.41) is 17.7. The summed E-state index contributed by atoms with van der Waals surface area (Å²) in [6.07, 6.45) is 3.31. The van der Waals surface area contributed by atoms with Crippen LogP contribution in [0, 0.1) is 22.7 Å². The number of nitrogens with zero attached hydrogens (tertiary/aromatic N) is 4. The highest BCUT2D eigenvalue weighted by atomic mass is 15.1. The molecule has 1 heterocycles. The molecule has 0 saturated heterocycles. The van der Waals surface area contributed by atoms with Gasteiger partial charge in [0.15, 0.2) is 0 Å². The number of hydrogen-bond acceptors (Lipinski definition) is 3. The Labute approximate surface area is 93.0 Å². The van der Waals surface area contributed by atoms with Gasteiger partial charge in [0.25, 0.3) is 0 Å². The standard InChI is InChI=1S/C12H8N4/c13-7-10-3-1-2-4-11(10)9-16-6-5-15-12(16)8-14/h1-6H,9H2. The van der Waals surface area contributed by atoms with E-state index in [-0.39, 0.29) is 0 Å².